The zero-order chi connectivity index (χ0) is 23.4. The van der Waals surface area contributed by atoms with E-state index < -0.39 is 42.6 Å². The lowest BCUT2D eigenvalue weighted by atomic mass is 10.2. The standard InChI is InChI=1S/C23H20F2N4O4/c24-17-10-9-14(11-18(17)25)27-20(30)12-26-21(31)13-33-23(32)22-16-7-4-8-19(16)29(28-22)15-5-2-1-3-6-15/h1-3,5-6,9-11H,4,7-8,12-13H2,(H,26,31)(H,27,30). The van der Waals surface area contributed by atoms with Crippen LogP contribution in [-0.2, 0) is 27.2 Å². The molecule has 1 aliphatic carbocycles. The van der Waals surface area contributed by atoms with Crippen LogP contribution in [0, 0.1) is 11.6 Å². The molecule has 33 heavy (non-hydrogen) atoms. The number of amides is 2. The normalized spacial score (nSPS) is 12.2. The van der Waals surface area contributed by atoms with Crippen molar-refractivity contribution in [2.75, 3.05) is 18.5 Å². The fourth-order valence-electron chi connectivity index (χ4n) is 3.59. The molecule has 170 valence electrons. The fraction of sp³-hybridized carbons (Fsp3) is 0.217. The zero-order valence-electron chi connectivity index (χ0n) is 17.4. The summed E-state index contributed by atoms with van der Waals surface area (Å²) in [5.74, 6) is -4.21. The highest BCUT2D eigenvalue weighted by Crippen LogP contribution is 2.28. The van der Waals surface area contributed by atoms with Crippen LogP contribution in [0.4, 0.5) is 14.5 Å². The van der Waals surface area contributed by atoms with Crippen molar-refractivity contribution in [3.8, 4) is 5.69 Å². The first-order valence-corrected chi connectivity index (χ1v) is 10.3. The minimum Gasteiger partial charge on any atom is -0.451 e. The largest absolute Gasteiger partial charge is 0.451 e. The maximum Gasteiger partial charge on any atom is 0.359 e. The highest BCUT2D eigenvalue weighted by Gasteiger charge is 2.28. The molecule has 1 aromatic heterocycles. The summed E-state index contributed by atoms with van der Waals surface area (Å²) in [4.78, 5) is 36.4. The summed E-state index contributed by atoms with van der Waals surface area (Å²) in [6.45, 7) is -1.03. The number of halogens is 2. The molecule has 2 amide bonds. The van der Waals surface area contributed by atoms with E-state index in [4.69, 9.17) is 4.74 Å². The van der Waals surface area contributed by atoms with Crippen molar-refractivity contribution >= 4 is 23.5 Å². The molecular weight excluding hydrogens is 434 g/mol. The molecule has 0 fully saturated rings. The Morgan fingerprint density at radius 3 is 2.55 bits per heavy atom. The number of anilines is 1. The van der Waals surface area contributed by atoms with E-state index in [2.05, 4.69) is 15.7 Å². The molecule has 0 saturated heterocycles. The number of ether oxygens (including phenoxy) is 1. The Balaban J connectivity index is 1.30. The molecule has 0 unspecified atom stereocenters. The molecule has 10 heteroatoms. The fourth-order valence-corrected chi connectivity index (χ4v) is 3.59. The Morgan fingerprint density at radius 2 is 1.79 bits per heavy atom. The number of esters is 1. The molecule has 2 N–H and O–H groups in total. The zero-order valence-corrected chi connectivity index (χ0v) is 17.4. The number of aromatic nitrogens is 2. The molecule has 0 saturated carbocycles. The van der Waals surface area contributed by atoms with Gasteiger partial charge in [-0.05, 0) is 43.5 Å². The number of carbonyl (C=O) groups is 3. The van der Waals surface area contributed by atoms with Crippen molar-refractivity contribution < 1.29 is 27.9 Å². The minimum absolute atomic E-state index is 0.0439. The third kappa shape index (κ3) is 5.05. The van der Waals surface area contributed by atoms with E-state index in [-0.39, 0.29) is 11.4 Å². The topological polar surface area (TPSA) is 102 Å². The van der Waals surface area contributed by atoms with Crippen molar-refractivity contribution in [3.05, 3.63) is 77.1 Å². The third-order valence-electron chi connectivity index (χ3n) is 5.11. The van der Waals surface area contributed by atoms with Gasteiger partial charge in [0.1, 0.15) is 0 Å². The molecule has 0 radical (unpaired) electrons. The van der Waals surface area contributed by atoms with Gasteiger partial charge in [-0.1, -0.05) is 18.2 Å². The predicted octanol–water partition coefficient (Wildman–Crippen LogP) is 2.55. The Bertz CT molecular complexity index is 1210. The number of fused-ring (bicyclic) bond motifs is 1. The van der Waals surface area contributed by atoms with Gasteiger partial charge in [0.05, 0.1) is 12.2 Å². The van der Waals surface area contributed by atoms with Gasteiger partial charge in [-0.3, -0.25) is 9.59 Å². The summed E-state index contributed by atoms with van der Waals surface area (Å²) in [5, 5.41) is 9.02. The average molecular weight is 454 g/mol. The van der Waals surface area contributed by atoms with E-state index >= 15 is 0 Å². The van der Waals surface area contributed by atoms with E-state index in [1.807, 2.05) is 30.3 Å². The molecule has 0 bridgehead atoms. The average Bonchev–Trinajstić information content (AvgIpc) is 3.42. The highest BCUT2D eigenvalue weighted by molar-refractivity contribution is 5.95. The summed E-state index contributed by atoms with van der Waals surface area (Å²) in [5.41, 5.74) is 2.82. The lowest BCUT2D eigenvalue weighted by molar-refractivity contribution is -0.126. The highest BCUT2D eigenvalue weighted by atomic mass is 19.2. The molecule has 1 aliphatic rings. The lowest BCUT2D eigenvalue weighted by Crippen LogP contribution is -2.35. The molecule has 4 rings (SSSR count). The van der Waals surface area contributed by atoms with E-state index in [1.165, 1.54) is 6.07 Å². The van der Waals surface area contributed by atoms with Crippen LogP contribution in [0.15, 0.2) is 48.5 Å². The maximum absolute atomic E-state index is 13.2. The van der Waals surface area contributed by atoms with Crippen molar-refractivity contribution in [3.63, 3.8) is 0 Å². The number of hydrogen-bond donors (Lipinski definition) is 2. The summed E-state index contributed by atoms with van der Waals surface area (Å²) < 4.78 is 32.9. The number of hydrogen-bond acceptors (Lipinski definition) is 5. The van der Waals surface area contributed by atoms with Crippen LogP contribution in [0.5, 0.6) is 0 Å². The summed E-state index contributed by atoms with van der Waals surface area (Å²) in [6, 6.07) is 12.3. The Labute approximate surface area is 187 Å². The number of benzene rings is 2. The Hall–Kier alpha value is -4.08. The van der Waals surface area contributed by atoms with Gasteiger partial charge in [-0.25, -0.2) is 18.3 Å². The molecule has 8 nitrogen and oxygen atoms in total. The van der Waals surface area contributed by atoms with Crippen molar-refractivity contribution in [2.24, 2.45) is 0 Å². The quantitative estimate of drug-likeness (QED) is 0.535. The minimum atomic E-state index is -1.11. The van der Waals surface area contributed by atoms with Gasteiger partial charge < -0.3 is 15.4 Å². The van der Waals surface area contributed by atoms with Crippen LogP contribution in [0.1, 0.15) is 28.2 Å². The maximum atomic E-state index is 13.2. The van der Waals surface area contributed by atoms with Crippen molar-refractivity contribution in [1.82, 2.24) is 15.1 Å². The van der Waals surface area contributed by atoms with Crippen LogP contribution in [0.2, 0.25) is 0 Å². The van der Waals surface area contributed by atoms with Gasteiger partial charge in [-0.2, -0.15) is 5.10 Å². The number of nitrogens with one attached hydrogen (secondary N) is 2. The van der Waals surface area contributed by atoms with Crippen molar-refractivity contribution in [1.29, 1.82) is 0 Å². The van der Waals surface area contributed by atoms with Gasteiger partial charge >= 0.3 is 5.97 Å². The first-order valence-electron chi connectivity index (χ1n) is 10.3. The second kappa shape index (κ2) is 9.60. The monoisotopic (exact) mass is 454 g/mol. The number of rotatable bonds is 7. The summed E-state index contributed by atoms with van der Waals surface area (Å²) in [7, 11) is 0. The second-order valence-electron chi connectivity index (χ2n) is 7.40. The van der Waals surface area contributed by atoms with Gasteiger partial charge in [0, 0.05) is 23.0 Å². The number of carbonyl (C=O) groups excluding carboxylic acids is 3. The van der Waals surface area contributed by atoms with Crippen LogP contribution in [-0.4, -0.2) is 40.7 Å². The Kier molecular flexibility index (Phi) is 6.43. The number of para-hydroxylation sites is 1. The first kappa shape index (κ1) is 22.1. The van der Waals surface area contributed by atoms with Gasteiger partial charge in [0.2, 0.25) is 5.91 Å². The second-order valence-corrected chi connectivity index (χ2v) is 7.40. The van der Waals surface area contributed by atoms with Crippen LogP contribution in [0.25, 0.3) is 5.69 Å². The Morgan fingerprint density at radius 1 is 1.00 bits per heavy atom. The predicted molar refractivity (Wildman–Crippen MR) is 114 cm³/mol. The molecule has 3 aromatic rings. The van der Waals surface area contributed by atoms with Crippen LogP contribution in [0.3, 0.4) is 0 Å². The molecule has 0 spiro atoms. The molecule has 0 aliphatic heterocycles. The third-order valence-corrected chi connectivity index (χ3v) is 5.11. The molecule has 2 aromatic carbocycles. The first-order chi connectivity index (χ1) is 15.9. The van der Waals surface area contributed by atoms with Crippen LogP contribution < -0.4 is 10.6 Å². The van der Waals surface area contributed by atoms with Crippen LogP contribution >= 0.6 is 0 Å². The molecule has 0 atom stereocenters. The van der Waals surface area contributed by atoms with E-state index in [1.54, 1.807) is 4.68 Å². The van der Waals surface area contributed by atoms with Gasteiger partial charge in [0.15, 0.2) is 23.9 Å². The summed E-state index contributed by atoms with van der Waals surface area (Å²) >= 11 is 0. The molecular formula is C23H20F2N4O4. The van der Waals surface area contributed by atoms with Crippen molar-refractivity contribution in [2.45, 2.75) is 19.3 Å². The molecule has 1 heterocycles. The van der Waals surface area contributed by atoms with Gasteiger partial charge in [-0.15, -0.1) is 0 Å². The SMILES string of the molecule is O=C(COC(=O)c1nn(-c2ccccc2)c2c1CCC2)NCC(=O)Nc1ccc(F)c(F)c1. The van der Waals surface area contributed by atoms with E-state index in [9.17, 15) is 23.2 Å². The van der Waals surface area contributed by atoms with E-state index in [0.29, 0.717) is 6.42 Å². The summed E-state index contributed by atoms with van der Waals surface area (Å²) in [6.07, 6.45) is 2.38. The smallest absolute Gasteiger partial charge is 0.359 e. The van der Waals surface area contributed by atoms with E-state index in [0.717, 1.165) is 41.9 Å². The number of nitrogens with zero attached hydrogens (tertiary/aromatic N) is 2. The van der Waals surface area contributed by atoms with Gasteiger partial charge in [0.25, 0.3) is 5.91 Å². The lowest BCUT2D eigenvalue weighted by Gasteiger charge is -2.08.